The van der Waals surface area contributed by atoms with Crippen molar-refractivity contribution in [3.63, 3.8) is 0 Å². The predicted octanol–water partition coefficient (Wildman–Crippen LogP) is 3.46. The van der Waals surface area contributed by atoms with E-state index in [1.807, 2.05) is 60.7 Å². The highest BCUT2D eigenvalue weighted by atomic mass is 16.5. The Balaban J connectivity index is 1.43. The van der Waals surface area contributed by atoms with Gasteiger partial charge in [-0.3, -0.25) is 9.59 Å². The van der Waals surface area contributed by atoms with E-state index in [9.17, 15) is 9.59 Å². The van der Waals surface area contributed by atoms with E-state index in [1.165, 1.54) is 0 Å². The molecule has 0 heterocycles. The Labute approximate surface area is 182 Å². The van der Waals surface area contributed by atoms with Crippen LogP contribution in [0.25, 0.3) is 11.1 Å². The number of benzene rings is 3. The molecule has 0 saturated heterocycles. The lowest BCUT2D eigenvalue weighted by atomic mass is 10.0. The first-order valence-electron chi connectivity index (χ1n) is 10.0. The van der Waals surface area contributed by atoms with Crippen LogP contribution >= 0.6 is 0 Å². The van der Waals surface area contributed by atoms with Crippen molar-refractivity contribution in [1.29, 1.82) is 0 Å². The van der Waals surface area contributed by atoms with Crippen LogP contribution in [0.15, 0.2) is 72.8 Å². The number of nitrogens with one attached hydrogen (secondary N) is 2. The third-order valence-electron chi connectivity index (χ3n) is 4.85. The van der Waals surface area contributed by atoms with E-state index in [0.717, 1.165) is 16.7 Å². The lowest BCUT2D eigenvalue weighted by Crippen LogP contribution is -2.37. The molecule has 160 valence electrons. The molecule has 0 spiro atoms. The largest absolute Gasteiger partial charge is 0.493 e. The number of amides is 2. The lowest BCUT2D eigenvalue weighted by Gasteiger charge is -2.10. The summed E-state index contributed by atoms with van der Waals surface area (Å²) in [7, 11) is 3.17. The number of methoxy groups -OCH3 is 2. The van der Waals surface area contributed by atoms with E-state index in [2.05, 4.69) is 10.6 Å². The van der Waals surface area contributed by atoms with Gasteiger partial charge in [-0.15, -0.1) is 0 Å². The fraction of sp³-hybridized carbons (Fsp3) is 0.200. The monoisotopic (exact) mass is 418 g/mol. The van der Waals surface area contributed by atoms with Crippen LogP contribution in [0.5, 0.6) is 11.5 Å². The molecule has 0 bridgehead atoms. The number of hydrogen-bond acceptors (Lipinski definition) is 4. The fourth-order valence-electron chi connectivity index (χ4n) is 3.15. The molecule has 0 aliphatic carbocycles. The van der Waals surface area contributed by atoms with Crippen LogP contribution in [0, 0.1) is 0 Å². The van der Waals surface area contributed by atoms with Gasteiger partial charge in [-0.1, -0.05) is 48.5 Å². The topological polar surface area (TPSA) is 76.7 Å². The van der Waals surface area contributed by atoms with Crippen molar-refractivity contribution in [2.75, 3.05) is 27.3 Å². The van der Waals surface area contributed by atoms with Crippen LogP contribution in [-0.2, 0) is 11.2 Å². The van der Waals surface area contributed by atoms with Crippen molar-refractivity contribution < 1.29 is 19.1 Å². The van der Waals surface area contributed by atoms with Crippen molar-refractivity contribution >= 4 is 11.8 Å². The number of ether oxygens (including phenoxy) is 2. The highest BCUT2D eigenvalue weighted by molar-refractivity contribution is 5.96. The second-order valence-corrected chi connectivity index (χ2v) is 6.92. The third kappa shape index (κ3) is 6.09. The highest BCUT2D eigenvalue weighted by Gasteiger charge is 2.09. The van der Waals surface area contributed by atoms with Gasteiger partial charge < -0.3 is 20.1 Å². The fourth-order valence-corrected chi connectivity index (χ4v) is 3.15. The Morgan fingerprint density at radius 1 is 0.774 bits per heavy atom. The molecular weight excluding hydrogens is 392 g/mol. The molecule has 0 saturated carbocycles. The minimum atomic E-state index is -0.283. The van der Waals surface area contributed by atoms with Crippen LogP contribution < -0.4 is 20.1 Å². The van der Waals surface area contributed by atoms with Crippen molar-refractivity contribution in [1.82, 2.24) is 10.6 Å². The molecule has 31 heavy (non-hydrogen) atoms. The summed E-state index contributed by atoms with van der Waals surface area (Å²) < 4.78 is 10.5. The average Bonchev–Trinajstić information content (AvgIpc) is 2.83. The van der Waals surface area contributed by atoms with E-state index < -0.39 is 0 Å². The number of rotatable bonds is 9. The number of carbonyl (C=O) groups is 2. The molecule has 0 aliphatic rings. The standard InChI is InChI=1S/C25H26N2O4/c1-30-22-13-8-18(16-23(22)31-2)14-15-26-24(28)17-27-25(29)21-11-9-20(10-12-21)19-6-4-3-5-7-19/h3-13,16H,14-15,17H2,1-2H3,(H,26,28)(H,27,29). The summed E-state index contributed by atoms with van der Waals surface area (Å²) in [5, 5.41) is 5.46. The van der Waals surface area contributed by atoms with Crippen LogP contribution in [-0.4, -0.2) is 39.1 Å². The van der Waals surface area contributed by atoms with Crippen LogP contribution in [0.3, 0.4) is 0 Å². The van der Waals surface area contributed by atoms with Gasteiger partial charge in [0.2, 0.25) is 5.91 Å². The Hall–Kier alpha value is -3.80. The van der Waals surface area contributed by atoms with E-state index in [-0.39, 0.29) is 18.4 Å². The maximum absolute atomic E-state index is 12.3. The smallest absolute Gasteiger partial charge is 0.251 e. The first kappa shape index (κ1) is 21.9. The molecule has 2 amide bonds. The summed E-state index contributed by atoms with van der Waals surface area (Å²) in [6, 6.07) is 22.9. The average molecular weight is 418 g/mol. The summed E-state index contributed by atoms with van der Waals surface area (Å²) in [6.07, 6.45) is 0.640. The van der Waals surface area contributed by atoms with Crippen molar-refractivity contribution in [3.8, 4) is 22.6 Å². The Morgan fingerprint density at radius 2 is 1.45 bits per heavy atom. The van der Waals surface area contributed by atoms with Gasteiger partial charge in [-0.25, -0.2) is 0 Å². The zero-order chi connectivity index (χ0) is 22.1. The molecule has 0 aliphatic heterocycles. The number of hydrogen-bond donors (Lipinski definition) is 2. The van der Waals surface area contributed by atoms with E-state index in [4.69, 9.17) is 9.47 Å². The first-order chi connectivity index (χ1) is 15.1. The van der Waals surface area contributed by atoms with Gasteiger partial charge in [0.1, 0.15) is 0 Å². The minimum Gasteiger partial charge on any atom is -0.493 e. The van der Waals surface area contributed by atoms with Gasteiger partial charge >= 0.3 is 0 Å². The maximum atomic E-state index is 12.3. The van der Waals surface area contributed by atoms with Crippen molar-refractivity contribution in [3.05, 3.63) is 83.9 Å². The Bertz CT molecular complexity index is 1020. The van der Waals surface area contributed by atoms with Crippen LogP contribution in [0.2, 0.25) is 0 Å². The summed E-state index contributed by atoms with van der Waals surface area (Å²) in [6.45, 7) is 0.376. The lowest BCUT2D eigenvalue weighted by molar-refractivity contribution is -0.120. The molecule has 3 rings (SSSR count). The number of carbonyl (C=O) groups excluding carboxylic acids is 2. The highest BCUT2D eigenvalue weighted by Crippen LogP contribution is 2.27. The molecule has 0 radical (unpaired) electrons. The minimum absolute atomic E-state index is 0.0782. The van der Waals surface area contributed by atoms with E-state index in [0.29, 0.717) is 30.0 Å². The second kappa shape index (κ2) is 10.8. The predicted molar refractivity (Wildman–Crippen MR) is 120 cm³/mol. The molecule has 6 heteroatoms. The molecular formula is C25H26N2O4. The molecule has 0 fully saturated rings. The molecule has 6 nitrogen and oxygen atoms in total. The summed E-state index contributed by atoms with van der Waals surface area (Å²) in [4.78, 5) is 24.4. The molecule has 0 aromatic heterocycles. The van der Waals surface area contributed by atoms with E-state index >= 15 is 0 Å². The van der Waals surface area contributed by atoms with Gasteiger partial charge in [-0.2, -0.15) is 0 Å². The van der Waals surface area contributed by atoms with E-state index in [1.54, 1.807) is 26.4 Å². The molecule has 3 aromatic rings. The molecule has 0 atom stereocenters. The van der Waals surface area contributed by atoms with Gasteiger partial charge in [0.15, 0.2) is 11.5 Å². The van der Waals surface area contributed by atoms with Gasteiger partial charge in [0.25, 0.3) is 5.91 Å². The van der Waals surface area contributed by atoms with Crippen molar-refractivity contribution in [2.45, 2.75) is 6.42 Å². The van der Waals surface area contributed by atoms with Gasteiger partial charge in [0, 0.05) is 12.1 Å². The Kier molecular flexibility index (Phi) is 7.65. The zero-order valence-electron chi connectivity index (χ0n) is 17.7. The zero-order valence-corrected chi connectivity index (χ0v) is 17.7. The molecule has 2 N–H and O–H groups in total. The summed E-state index contributed by atoms with van der Waals surface area (Å²) in [5.41, 5.74) is 3.65. The first-order valence-corrected chi connectivity index (χ1v) is 10.0. The van der Waals surface area contributed by atoms with Crippen LogP contribution in [0.4, 0.5) is 0 Å². The third-order valence-corrected chi connectivity index (χ3v) is 4.85. The Morgan fingerprint density at radius 3 is 2.13 bits per heavy atom. The summed E-state index contributed by atoms with van der Waals surface area (Å²) >= 11 is 0. The summed E-state index contributed by atoms with van der Waals surface area (Å²) in [5.74, 6) is 0.788. The van der Waals surface area contributed by atoms with Gasteiger partial charge in [0.05, 0.1) is 20.8 Å². The van der Waals surface area contributed by atoms with Crippen LogP contribution in [0.1, 0.15) is 15.9 Å². The normalized spacial score (nSPS) is 10.3. The van der Waals surface area contributed by atoms with Gasteiger partial charge in [-0.05, 0) is 47.4 Å². The second-order valence-electron chi connectivity index (χ2n) is 6.92. The molecule has 0 unspecified atom stereocenters. The maximum Gasteiger partial charge on any atom is 0.251 e. The van der Waals surface area contributed by atoms with Crippen molar-refractivity contribution in [2.24, 2.45) is 0 Å². The quantitative estimate of drug-likeness (QED) is 0.558. The SMILES string of the molecule is COc1ccc(CCNC(=O)CNC(=O)c2ccc(-c3ccccc3)cc2)cc1OC. The molecule has 3 aromatic carbocycles.